The minimum atomic E-state index is 0.156. The van der Waals surface area contributed by atoms with Crippen LogP contribution in [-0.4, -0.2) is 61.5 Å². The predicted molar refractivity (Wildman–Crippen MR) is 85.1 cm³/mol. The van der Waals surface area contributed by atoms with Crippen molar-refractivity contribution in [3.63, 3.8) is 0 Å². The summed E-state index contributed by atoms with van der Waals surface area (Å²) in [5.41, 5.74) is 0.778. The number of carbonyl (C=O) groups is 1. The van der Waals surface area contributed by atoms with E-state index in [1.54, 1.807) is 0 Å². The zero-order valence-electron chi connectivity index (χ0n) is 13.3. The Balaban J connectivity index is 1.80. The number of likely N-dealkylation sites (N-methyl/N-ethyl adjacent to an activating group) is 1. The predicted octanol–water partition coefficient (Wildman–Crippen LogP) is 2.29. The van der Waals surface area contributed by atoms with Gasteiger partial charge in [0.2, 0.25) is 0 Å². The first-order chi connectivity index (χ1) is 10.0. The molecular formula is C17H26N2O2. The lowest BCUT2D eigenvalue weighted by Gasteiger charge is -2.32. The van der Waals surface area contributed by atoms with Gasteiger partial charge >= 0.3 is 0 Å². The molecule has 0 atom stereocenters. The highest BCUT2D eigenvalue weighted by molar-refractivity contribution is 5.96. The van der Waals surface area contributed by atoms with Crippen LogP contribution in [0.1, 0.15) is 30.6 Å². The minimum Gasteiger partial charge on any atom is -0.491 e. The zero-order valence-corrected chi connectivity index (χ0v) is 13.3. The second-order valence-corrected chi connectivity index (χ2v) is 6.01. The van der Waals surface area contributed by atoms with Crippen LogP contribution in [0.15, 0.2) is 24.3 Å². The molecule has 0 saturated carbocycles. The molecule has 4 heteroatoms. The molecule has 1 aromatic rings. The molecule has 1 saturated heterocycles. The lowest BCUT2D eigenvalue weighted by Crippen LogP contribution is -2.45. The molecule has 1 fully saturated rings. The van der Waals surface area contributed by atoms with E-state index in [0.29, 0.717) is 6.42 Å². The third-order valence-electron chi connectivity index (χ3n) is 3.80. The number of hydrogen-bond acceptors (Lipinski definition) is 4. The van der Waals surface area contributed by atoms with Crippen LogP contribution in [0, 0.1) is 0 Å². The molecule has 4 nitrogen and oxygen atoms in total. The first-order valence-corrected chi connectivity index (χ1v) is 7.75. The van der Waals surface area contributed by atoms with E-state index in [2.05, 4.69) is 16.8 Å². The second-order valence-electron chi connectivity index (χ2n) is 6.01. The summed E-state index contributed by atoms with van der Waals surface area (Å²) in [5.74, 6) is 1.03. The van der Waals surface area contributed by atoms with Crippen molar-refractivity contribution in [2.75, 3.05) is 39.8 Å². The van der Waals surface area contributed by atoms with Gasteiger partial charge in [0.15, 0.2) is 5.78 Å². The summed E-state index contributed by atoms with van der Waals surface area (Å²) >= 11 is 0. The van der Waals surface area contributed by atoms with E-state index >= 15 is 0 Å². The molecule has 1 aliphatic rings. The van der Waals surface area contributed by atoms with Gasteiger partial charge in [-0.15, -0.1) is 0 Å². The fraction of sp³-hybridized carbons (Fsp3) is 0.588. The molecular weight excluding hydrogens is 264 g/mol. The highest BCUT2D eigenvalue weighted by Gasteiger charge is 2.15. The number of benzene rings is 1. The van der Waals surface area contributed by atoms with Crippen molar-refractivity contribution in [3.05, 3.63) is 29.8 Å². The molecule has 0 radical (unpaired) electrons. The summed E-state index contributed by atoms with van der Waals surface area (Å²) in [5, 5.41) is 0. The van der Waals surface area contributed by atoms with Crippen LogP contribution in [0.3, 0.4) is 0 Å². The Morgan fingerprint density at radius 3 is 2.33 bits per heavy atom. The molecule has 1 aromatic carbocycles. The number of ketones is 1. The summed E-state index contributed by atoms with van der Waals surface area (Å²) in [6, 6.07) is 7.49. The van der Waals surface area contributed by atoms with Gasteiger partial charge in [0.05, 0.1) is 6.10 Å². The number of ether oxygens (including phenoxy) is 1. The van der Waals surface area contributed by atoms with Crippen molar-refractivity contribution >= 4 is 5.78 Å². The Morgan fingerprint density at radius 1 is 1.14 bits per heavy atom. The maximum atomic E-state index is 12.2. The van der Waals surface area contributed by atoms with Crippen LogP contribution in [0.2, 0.25) is 0 Å². The van der Waals surface area contributed by atoms with Crippen LogP contribution in [-0.2, 0) is 0 Å². The van der Waals surface area contributed by atoms with Gasteiger partial charge in [-0.2, -0.15) is 0 Å². The van der Waals surface area contributed by atoms with Gasteiger partial charge in [-0.05, 0) is 45.2 Å². The molecule has 1 aliphatic heterocycles. The third kappa shape index (κ3) is 5.14. The Morgan fingerprint density at radius 2 is 1.76 bits per heavy atom. The van der Waals surface area contributed by atoms with Crippen LogP contribution in [0.4, 0.5) is 0 Å². The zero-order chi connectivity index (χ0) is 15.2. The molecule has 0 spiro atoms. The summed E-state index contributed by atoms with van der Waals surface area (Å²) in [7, 11) is 2.14. The normalized spacial score (nSPS) is 17.1. The fourth-order valence-electron chi connectivity index (χ4n) is 2.47. The van der Waals surface area contributed by atoms with E-state index in [1.807, 2.05) is 38.1 Å². The number of nitrogens with zero attached hydrogens (tertiary/aromatic N) is 2. The molecule has 0 aliphatic carbocycles. The van der Waals surface area contributed by atoms with E-state index in [4.69, 9.17) is 4.74 Å². The number of Topliss-reactive ketones (excluding diaryl/α,β-unsaturated/α-hetero) is 1. The van der Waals surface area contributed by atoms with Crippen molar-refractivity contribution in [1.82, 2.24) is 9.80 Å². The van der Waals surface area contributed by atoms with Crippen LogP contribution in [0.25, 0.3) is 0 Å². The molecule has 2 rings (SSSR count). The first kappa shape index (κ1) is 16.0. The van der Waals surface area contributed by atoms with Gasteiger partial charge in [0, 0.05) is 44.7 Å². The Kier molecular flexibility index (Phi) is 5.76. The highest BCUT2D eigenvalue weighted by Crippen LogP contribution is 2.15. The standard InChI is InChI=1S/C17H26N2O2/c1-14(2)21-16-6-4-15(5-7-16)17(20)8-9-19-12-10-18(3)11-13-19/h4-7,14H,8-13H2,1-3H3. The van der Waals surface area contributed by atoms with E-state index in [-0.39, 0.29) is 11.9 Å². The van der Waals surface area contributed by atoms with Gasteiger partial charge < -0.3 is 14.5 Å². The van der Waals surface area contributed by atoms with Crippen molar-refractivity contribution in [2.24, 2.45) is 0 Å². The summed E-state index contributed by atoms with van der Waals surface area (Å²) in [6.07, 6.45) is 0.748. The molecule has 0 aromatic heterocycles. The lowest BCUT2D eigenvalue weighted by molar-refractivity contribution is 0.0942. The Labute approximate surface area is 127 Å². The molecule has 0 amide bonds. The number of piperazine rings is 1. The average molecular weight is 290 g/mol. The largest absolute Gasteiger partial charge is 0.491 e. The van der Waals surface area contributed by atoms with Crippen molar-refractivity contribution in [2.45, 2.75) is 26.4 Å². The van der Waals surface area contributed by atoms with E-state index in [0.717, 1.165) is 44.0 Å². The topological polar surface area (TPSA) is 32.8 Å². The van der Waals surface area contributed by atoms with Gasteiger partial charge in [-0.1, -0.05) is 0 Å². The van der Waals surface area contributed by atoms with Gasteiger partial charge in [0.1, 0.15) is 5.75 Å². The molecule has 0 N–H and O–H groups in total. The maximum absolute atomic E-state index is 12.2. The molecule has 0 bridgehead atoms. The van der Waals surface area contributed by atoms with E-state index in [9.17, 15) is 4.79 Å². The molecule has 0 unspecified atom stereocenters. The van der Waals surface area contributed by atoms with Crippen LogP contribution in [0.5, 0.6) is 5.75 Å². The number of carbonyl (C=O) groups excluding carboxylic acids is 1. The smallest absolute Gasteiger partial charge is 0.164 e. The molecule has 21 heavy (non-hydrogen) atoms. The second kappa shape index (κ2) is 7.57. The van der Waals surface area contributed by atoms with Crippen molar-refractivity contribution < 1.29 is 9.53 Å². The lowest BCUT2D eigenvalue weighted by atomic mass is 10.1. The summed E-state index contributed by atoms with van der Waals surface area (Å²) in [4.78, 5) is 16.9. The first-order valence-electron chi connectivity index (χ1n) is 7.75. The van der Waals surface area contributed by atoms with Crippen LogP contribution < -0.4 is 4.74 Å². The van der Waals surface area contributed by atoms with E-state index < -0.39 is 0 Å². The van der Waals surface area contributed by atoms with Crippen LogP contribution >= 0.6 is 0 Å². The quantitative estimate of drug-likeness (QED) is 0.753. The third-order valence-corrected chi connectivity index (χ3v) is 3.80. The SMILES string of the molecule is CC(C)Oc1ccc(C(=O)CCN2CCN(C)CC2)cc1. The average Bonchev–Trinajstić information content (AvgIpc) is 2.46. The Hall–Kier alpha value is -1.39. The van der Waals surface area contributed by atoms with Crippen molar-refractivity contribution in [3.8, 4) is 5.75 Å². The highest BCUT2D eigenvalue weighted by atomic mass is 16.5. The minimum absolute atomic E-state index is 0.156. The van der Waals surface area contributed by atoms with Crippen molar-refractivity contribution in [1.29, 1.82) is 0 Å². The molecule has 116 valence electrons. The van der Waals surface area contributed by atoms with Gasteiger partial charge in [-0.25, -0.2) is 0 Å². The number of hydrogen-bond donors (Lipinski definition) is 0. The maximum Gasteiger partial charge on any atom is 0.164 e. The fourth-order valence-corrected chi connectivity index (χ4v) is 2.47. The monoisotopic (exact) mass is 290 g/mol. The van der Waals surface area contributed by atoms with E-state index in [1.165, 1.54) is 0 Å². The summed E-state index contributed by atoms with van der Waals surface area (Å²) < 4.78 is 5.59. The Bertz CT molecular complexity index is 448. The summed E-state index contributed by atoms with van der Waals surface area (Å²) in [6.45, 7) is 9.15. The van der Waals surface area contributed by atoms with Gasteiger partial charge in [0.25, 0.3) is 0 Å². The molecule has 1 heterocycles. The number of rotatable bonds is 6. The van der Waals surface area contributed by atoms with Gasteiger partial charge in [-0.3, -0.25) is 4.79 Å².